The molecular weight excluding hydrogens is 382 g/mol. The number of rotatable bonds is 6. The maximum absolute atomic E-state index is 12.6. The minimum absolute atomic E-state index is 0.161. The summed E-state index contributed by atoms with van der Waals surface area (Å²) in [6, 6.07) is 13.8. The Morgan fingerprint density at radius 2 is 1.74 bits per heavy atom. The number of sulfonamides is 1. The zero-order valence-corrected chi connectivity index (χ0v) is 16.7. The molecule has 3 N–H and O–H groups in total. The first-order valence-electron chi connectivity index (χ1n) is 8.81. The van der Waals surface area contributed by atoms with Crippen LogP contribution in [0.15, 0.2) is 53.4 Å². The maximum Gasteiger partial charge on any atom is 0.262 e. The van der Waals surface area contributed by atoms with Crippen molar-refractivity contribution in [2.24, 2.45) is 0 Å². The number of anilines is 2. The predicted molar refractivity (Wildman–Crippen MR) is 112 cm³/mol. The van der Waals surface area contributed by atoms with Crippen molar-refractivity contribution < 1.29 is 13.2 Å². The first kappa shape index (κ1) is 19.4. The van der Waals surface area contributed by atoms with Crippen molar-refractivity contribution in [3.8, 4) is 5.75 Å². The van der Waals surface area contributed by atoms with Gasteiger partial charge in [-0.2, -0.15) is 0 Å². The van der Waals surface area contributed by atoms with Crippen LogP contribution in [0.5, 0.6) is 5.75 Å². The van der Waals surface area contributed by atoms with Gasteiger partial charge in [-0.15, -0.1) is 0 Å². The lowest BCUT2D eigenvalue weighted by molar-refractivity contribution is 0.417. The lowest BCUT2D eigenvalue weighted by Gasteiger charge is -2.16. The highest BCUT2D eigenvalue weighted by Crippen LogP contribution is 2.26. The number of hydrogen-bond donors (Lipinski definition) is 3. The van der Waals surface area contributed by atoms with E-state index in [1.807, 2.05) is 0 Å². The van der Waals surface area contributed by atoms with Crippen LogP contribution in [0.4, 0.5) is 11.4 Å². The monoisotopic (exact) mass is 405 g/mol. The SMILES string of the molecule is COc1ccccc1NS(=O)(=O)c1ccc(NC(=S)NC2CCCC2)cc1. The fourth-order valence-electron chi connectivity index (χ4n) is 3.07. The number of benzene rings is 2. The summed E-state index contributed by atoms with van der Waals surface area (Å²) in [5.41, 5.74) is 1.13. The molecule has 1 saturated carbocycles. The summed E-state index contributed by atoms with van der Waals surface area (Å²) in [6.07, 6.45) is 4.72. The average molecular weight is 406 g/mol. The third kappa shape index (κ3) is 5.11. The van der Waals surface area contributed by atoms with Crippen molar-refractivity contribution in [2.45, 2.75) is 36.6 Å². The van der Waals surface area contributed by atoms with Gasteiger partial charge in [0.15, 0.2) is 5.11 Å². The van der Waals surface area contributed by atoms with E-state index in [-0.39, 0.29) is 4.90 Å². The summed E-state index contributed by atoms with van der Waals surface area (Å²) in [7, 11) is -2.22. The van der Waals surface area contributed by atoms with E-state index in [9.17, 15) is 8.42 Å². The summed E-state index contributed by atoms with van der Waals surface area (Å²) in [5.74, 6) is 0.461. The molecule has 0 radical (unpaired) electrons. The normalized spacial score (nSPS) is 14.6. The number of ether oxygens (including phenoxy) is 1. The number of thiocarbonyl (C=S) groups is 1. The van der Waals surface area contributed by atoms with Crippen LogP contribution in [0.1, 0.15) is 25.7 Å². The molecule has 1 aliphatic carbocycles. The summed E-state index contributed by atoms with van der Waals surface area (Å²) in [4.78, 5) is 0.161. The van der Waals surface area contributed by atoms with Gasteiger partial charge in [-0.1, -0.05) is 25.0 Å². The zero-order valence-electron chi connectivity index (χ0n) is 15.1. The molecule has 0 unspecified atom stereocenters. The highest BCUT2D eigenvalue weighted by molar-refractivity contribution is 7.92. The summed E-state index contributed by atoms with van der Waals surface area (Å²) in [5, 5.41) is 6.95. The van der Waals surface area contributed by atoms with E-state index in [2.05, 4.69) is 15.4 Å². The van der Waals surface area contributed by atoms with Crippen molar-refractivity contribution in [2.75, 3.05) is 17.1 Å². The van der Waals surface area contributed by atoms with Crippen molar-refractivity contribution in [1.29, 1.82) is 0 Å². The Bertz CT molecular complexity index is 893. The standard InChI is InChI=1S/C19H23N3O3S2/c1-25-18-9-5-4-8-17(18)22-27(23,24)16-12-10-15(11-13-16)21-19(26)20-14-6-2-3-7-14/h4-5,8-14,22H,2-3,6-7H2,1H3,(H2,20,21,26). The second-order valence-electron chi connectivity index (χ2n) is 6.41. The molecule has 27 heavy (non-hydrogen) atoms. The van der Waals surface area contributed by atoms with Gasteiger partial charge in [0.1, 0.15) is 5.75 Å². The molecule has 0 atom stereocenters. The molecule has 0 aromatic heterocycles. The van der Waals surface area contributed by atoms with Gasteiger partial charge in [0.05, 0.1) is 17.7 Å². The van der Waals surface area contributed by atoms with Gasteiger partial charge in [-0.3, -0.25) is 4.72 Å². The first-order chi connectivity index (χ1) is 13.0. The molecule has 0 aliphatic heterocycles. The number of methoxy groups -OCH3 is 1. The van der Waals surface area contributed by atoms with Crippen molar-refractivity contribution in [3.05, 3.63) is 48.5 Å². The van der Waals surface area contributed by atoms with Gasteiger partial charge in [0.25, 0.3) is 10.0 Å². The van der Waals surface area contributed by atoms with Gasteiger partial charge < -0.3 is 15.4 Å². The van der Waals surface area contributed by atoms with Gasteiger partial charge in [0.2, 0.25) is 0 Å². The molecule has 0 spiro atoms. The Kier molecular flexibility index (Phi) is 6.18. The van der Waals surface area contributed by atoms with E-state index in [1.54, 1.807) is 36.4 Å². The molecule has 8 heteroatoms. The predicted octanol–water partition coefficient (Wildman–Crippen LogP) is 3.73. The third-order valence-corrected chi connectivity index (χ3v) is 6.07. The van der Waals surface area contributed by atoms with Gasteiger partial charge in [-0.05, 0) is 61.5 Å². The molecule has 0 bridgehead atoms. The van der Waals surface area contributed by atoms with Gasteiger partial charge in [-0.25, -0.2) is 8.42 Å². The molecule has 144 valence electrons. The molecule has 0 amide bonds. The van der Waals surface area contributed by atoms with Crippen molar-refractivity contribution in [1.82, 2.24) is 5.32 Å². The van der Waals surface area contributed by atoms with Crippen LogP contribution in [0, 0.1) is 0 Å². The Balaban J connectivity index is 1.65. The molecule has 0 heterocycles. The molecular formula is C19H23N3O3S2. The highest BCUT2D eigenvalue weighted by atomic mass is 32.2. The third-order valence-electron chi connectivity index (χ3n) is 4.46. The van der Waals surface area contributed by atoms with Crippen LogP contribution in [0.3, 0.4) is 0 Å². The molecule has 2 aromatic rings. The zero-order chi connectivity index (χ0) is 19.3. The van der Waals surface area contributed by atoms with Crippen LogP contribution < -0.4 is 20.1 Å². The molecule has 1 fully saturated rings. The van der Waals surface area contributed by atoms with Crippen molar-refractivity contribution in [3.63, 3.8) is 0 Å². The summed E-state index contributed by atoms with van der Waals surface area (Å²) in [6.45, 7) is 0. The fraction of sp³-hybridized carbons (Fsp3) is 0.316. The molecule has 6 nitrogen and oxygen atoms in total. The van der Waals surface area contributed by atoms with Crippen LogP contribution >= 0.6 is 12.2 Å². The Morgan fingerprint density at radius 3 is 2.41 bits per heavy atom. The minimum atomic E-state index is -3.72. The summed E-state index contributed by atoms with van der Waals surface area (Å²) >= 11 is 5.33. The van der Waals surface area contributed by atoms with Gasteiger partial charge in [0, 0.05) is 11.7 Å². The lowest BCUT2D eigenvalue weighted by atomic mass is 10.2. The van der Waals surface area contributed by atoms with E-state index >= 15 is 0 Å². The Labute approximate surface area is 165 Å². The second-order valence-corrected chi connectivity index (χ2v) is 8.50. The minimum Gasteiger partial charge on any atom is -0.495 e. The second kappa shape index (κ2) is 8.58. The first-order valence-corrected chi connectivity index (χ1v) is 10.7. The number of nitrogens with one attached hydrogen (secondary N) is 3. The van der Waals surface area contributed by atoms with Crippen LogP contribution in [-0.4, -0.2) is 26.7 Å². The van der Waals surface area contributed by atoms with Crippen LogP contribution in [0.25, 0.3) is 0 Å². The fourth-order valence-corrected chi connectivity index (χ4v) is 4.43. The van der Waals surface area contributed by atoms with Crippen molar-refractivity contribution >= 4 is 38.7 Å². The largest absolute Gasteiger partial charge is 0.495 e. The van der Waals surface area contributed by atoms with E-state index in [0.29, 0.717) is 22.6 Å². The number of para-hydroxylation sites is 2. The Morgan fingerprint density at radius 1 is 1.07 bits per heavy atom. The molecule has 2 aromatic carbocycles. The average Bonchev–Trinajstić information content (AvgIpc) is 3.15. The van der Waals surface area contributed by atoms with Gasteiger partial charge >= 0.3 is 0 Å². The van der Waals surface area contributed by atoms with E-state index in [0.717, 1.165) is 18.5 Å². The van der Waals surface area contributed by atoms with E-state index in [1.165, 1.54) is 32.1 Å². The Hall–Kier alpha value is -2.32. The van der Waals surface area contributed by atoms with E-state index in [4.69, 9.17) is 17.0 Å². The number of hydrogen-bond acceptors (Lipinski definition) is 4. The molecule has 1 aliphatic rings. The lowest BCUT2D eigenvalue weighted by Crippen LogP contribution is -2.35. The topological polar surface area (TPSA) is 79.5 Å². The maximum atomic E-state index is 12.6. The quantitative estimate of drug-likeness (QED) is 0.636. The summed E-state index contributed by atoms with van der Waals surface area (Å²) < 4.78 is 33.0. The smallest absolute Gasteiger partial charge is 0.262 e. The van der Waals surface area contributed by atoms with Crippen LogP contribution in [-0.2, 0) is 10.0 Å². The molecule has 3 rings (SSSR count). The van der Waals surface area contributed by atoms with E-state index < -0.39 is 10.0 Å². The van der Waals surface area contributed by atoms with Crippen LogP contribution in [0.2, 0.25) is 0 Å². The highest BCUT2D eigenvalue weighted by Gasteiger charge is 2.17. The molecule has 0 saturated heterocycles.